The van der Waals surface area contributed by atoms with Gasteiger partial charge in [-0.05, 0) is 61.9 Å². The van der Waals surface area contributed by atoms with Gasteiger partial charge in [0.2, 0.25) is 0 Å². The molecule has 0 amide bonds. The lowest BCUT2D eigenvalue weighted by molar-refractivity contribution is -0.168. The predicted octanol–water partition coefficient (Wildman–Crippen LogP) is 3.26. The molecule has 0 aliphatic heterocycles. The van der Waals surface area contributed by atoms with Gasteiger partial charge in [-0.3, -0.25) is 14.4 Å². The summed E-state index contributed by atoms with van der Waals surface area (Å²) in [5.74, 6) is 0.745. The monoisotopic (exact) mass is 358 g/mol. The topological polar surface area (TPSA) is 71.4 Å². The Labute approximate surface area is 155 Å². The van der Waals surface area contributed by atoms with Crippen molar-refractivity contribution in [2.75, 3.05) is 0 Å². The van der Waals surface area contributed by atoms with E-state index in [1.165, 1.54) is 6.92 Å². The second-order valence-corrected chi connectivity index (χ2v) is 9.88. The van der Waals surface area contributed by atoms with Crippen LogP contribution in [0, 0.1) is 34.5 Å². The molecule has 142 valence electrons. The van der Waals surface area contributed by atoms with E-state index in [-0.39, 0.29) is 52.9 Å². The van der Waals surface area contributed by atoms with Gasteiger partial charge in [0.1, 0.15) is 11.4 Å². The molecular formula is C22H30O4. The quantitative estimate of drug-likeness (QED) is 0.781. The number of carbonyl (C=O) groups is 3. The van der Waals surface area contributed by atoms with Crippen LogP contribution in [0.1, 0.15) is 66.2 Å². The molecule has 4 aliphatic rings. The zero-order chi connectivity index (χ0) is 19.1. The fourth-order valence-corrected chi connectivity index (χ4v) is 7.40. The van der Waals surface area contributed by atoms with Crippen molar-refractivity contribution in [3.8, 4) is 0 Å². The van der Waals surface area contributed by atoms with Crippen LogP contribution in [0.15, 0.2) is 11.6 Å². The first-order valence-electron chi connectivity index (χ1n) is 10.1. The molecule has 0 aromatic carbocycles. The van der Waals surface area contributed by atoms with E-state index in [4.69, 9.17) is 0 Å². The molecule has 3 saturated carbocycles. The van der Waals surface area contributed by atoms with Crippen molar-refractivity contribution in [3.05, 3.63) is 11.6 Å². The number of carbonyl (C=O) groups excluding carboxylic acids is 3. The molecule has 0 spiro atoms. The van der Waals surface area contributed by atoms with E-state index in [2.05, 4.69) is 13.8 Å². The Morgan fingerprint density at radius 1 is 1.23 bits per heavy atom. The average Bonchev–Trinajstić information content (AvgIpc) is 2.81. The molecule has 0 heterocycles. The summed E-state index contributed by atoms with van der Waals surface area (Å²) in [6.07, 6.45) is 5.50. The molecule has 0 radical (unpaired) electrons. The van der Waals surface area contributed by atoms with E-state index in [0.29, 0.717) is 12.8 Å². The van der Waals surface area contributed by atoms with Gasteiger partial charge in [0.15, 0.2) is 11.6 Å². The number of hydrogen-bond acceptors (Lipinski definition) is 4. The van der Waals surface area contributed by atoms with Gasteiger partial charge in [0.05, 0.1) is 0 Å². The molecule has 0 aromatic heterocycles. The highest BCUT2D eigenvalue weighted by Gasteiger charge is 2.68. The Kier molecular flexibility index (Phi) is 3.74. The van der Waals surface area contributed by atoms with Gasteiger partial charge in [-0.15, -0.1) is 0 Å². The number of Topliss-reactive ketones (excluding diaryl/α,β-unsaturated/α-hetero) is 2. The standard InChI is InChI=1S/C22H30O4/c1-12-9-15-16-6-8-22(26,13(2)23)21(16,4)11-18(25)19(15)20(3)7-5-14(24)10-17(12)20/h10,12,15-16,19,26H,5-9,11H2,1-4H3/t12-,15-,16-,19+,20-,21-,22-/m0/s1. The van der Waals surface area contributed by atoms with Gasteiger partial charge in [-0.1, -0.05) is 26.3 Å². The fourth-order valence-electron chi connectivity index (χ4n) is 7.40. The van der Waals surface area contributed by atoms with Crippen molar-refractivity contribution < 1.29 is 19.5 Å². The second kappa shape index (κ2) is 5.37. The first-order chi connectivity index (χ1) is 12.0. The molecule has 4 aliphatic carbocycles. The third-order valence-corrected chi connectivity index (χ3v) is 8.71. The summed E-state index contributed by atoms with van der Waals surface area (Å²) in [6.45, 7) is 7.76. The summed E-state index contributed by atoms with van der Waals surface area (Å²) in [4.78, 5) is 37.7. The van der Waals surface area contributed by atoms with E-state index < -0.39 is 11.0 Å². The van der Waals surface area contributed by atoms with Crippen LogP contribution in [0.4, 0.5) is 0 Å². The third-order valence-electron chi connectivity index (χ3n) is 8.71. The minimum absolute atomic E-state index is 0.0783. The van der Waals surface area contributed by atoms with Crippen LogP contribution in [0.2, 0.25) is 0 Å². The van der Waals surface area contributed by atoms with Gasteiger partial charge in [0.25, 0.3) is 0 Å². The average molecular weight is 358 g/mol. The molecule has 7 atom stereocenters. The van der Waals surface area contributed by atoms with E-state index in [9.17, 15) is 19.5 Å². The Hall–Kier alpha value is -1.29. The van der Waals surface area contributed by atoms with Gasteiger partial charge in [-0.25, -0.2) is 0 Å². The van der Waals surface area contributed by atoms with Crippen molar-refractivity contribution in [2.24, 2.45) is 34.5 Å². The summed E-state index contributed by atoms with van der Waals surface area (Å²) >= 11 is 0. The van der Waals surface area contributed by atoms with Crippen molar-refractivity contribution in [2.45, 2.75) is 71.8 Å². The molecule has 1 N–H and O–H groups in total. The van der Waals surface area contributed by atoms with E-state index in [1.807, 2.05) is 13.0 Å². The molecule has 26 heavy (non-hydrogen) atoms. The molecule has 4 nitrogen and oxygen atoms in total. The highest BCUT2D eigenvalue weighted by atomic mass is 16.3. The smallest absolute Gasteiger partial charge is 0.161 e. The van der Waals surface area contributed by atoms with Crippen LogP contribution in [0.25, 0.3) is 0 Å². The highest BCUT2D eigenvalue weighted by molar-refractivity contribution is 5.94. The summed E-state index contributed by atoms with van der Waals surface area (Å²) in [6, 6.07) is 0. The number of ketones is 3. The maximum absolute atomic E-state index is 13.4. The predicted molar refractivity (Wildman–Crippen MR) is 97.3 cm³/mol. The van der Waals surface area contributed by atoms with Gasteiger partial charge < -0.3 is 5.11 Å². The number of fused-ring (bicyclic) bond motifs is 5. The van der Waals surface area contributed by atoms with E-state index in [1.54, 1.807) is 0 Å². The number of rotatable bonds is 1. The van der Waals surface area contributed by atoms with Crippen molar-refractivity contribution in [1.82, 2.24) is 0 Å². The van der Waals surface area contributed by atoms with Crippen LogP contribution in [0.3, 0.4) is 0 Å². The summed E-state index contributed by atoms with van der Waals surface area (Å²) in [5, 5.41) is 11.2. The number of hydrogen-bond donors (Lipinski definition) is 1. The summed E-state index contributed by atoms with van der Waals surface area (Å²) in [5.41, 5.74) is -1.11. The van der Waals surface area contributed by atoms with E-state index >= 15 is 0 Å². The maximum Gasteiger partial charge on any atom is 0.161 e. The van der Waals surface area contributed by atoms with Crippen LogP contribution in [-0.4, -0.2) is 28.1 Å². The van der Waals surface area contributed by atoms with Gasteiger partial charge in [0, 0.05) is 24.2 Å². The van der Waals surface area contributed by atoms with Crippen LogP contribution < -0.4 is 0 Å². The molecule has 0 bridgehead atoms. The molecule has 0 aromatic rings. The molecule has 4 rings (SSSR count). The normalized spacial score (nSPS) is 50.6. The third kappa shape index (κ3) is 2.02. The van der Waals surface area contributed by atoms with Crippen molar-refractivity contribution in [3.63, 3.8) is 0 Å². The van der Waals surface area contributed by atoms with Gasteiger partial charge in [-0.2, -0.15) is 0 Å². The Morgan fingerprint density at radius 3 is 2.58 bits per heavy atom. The Balaban J connectivity index is 1.80. The summed E-state index contributed by atoms with van der Waals surface area (Å²) in [7, 11) is 0. The Bertz CT molecular complexity index is 736. The SMILES string of the molecule is CC(=O)[C@@]1(O)CC[C@H]2[C@@H]3C[C@H](C)C4=CC(=O)CC[C@]4(C)[C@H]3C(=O)C[C@@]21C. The van der Waals surface area contributed by atoms with E-state index in [0.717, 1.165) is 24.8 Å². The van der Waals surface area contributed by atoms with Crippen molar-refractivity contribution >= 4 is 17.3 Å². The molecule has 0 unspecified atom stereocenters. The largest absolute Gasteiger partial charge is 0.381 e. The second-order valence-electron chi connectivity index (χ2n) is 9.88. The van der Waals surface area contributed by atoms with Crippen LogP contribution in [0.5, 0.6) is 0 Å². The molecule has 3 fully saturated rings. The van der Waals surface area contributed by atoms with Crippen LogP contribution in [-0.2, 0) is 14.4 Å². The lowest BCUT2D eigenvalue weighted by atomic mass is 9.44. The maximum atomic E-state index is 13.4. The molecular weight excluding hydrogens is 328 g/mol. The minimum atomic E-state index is -1.37. The van der Waals surface area contributed by atoms with Gasteiger partial charge >= 0.3 is 0 Å². The zero-order valence-electron chi connectivity index (χ0n) is 16.3. The Morgan fingerprint density at radius 2 is 1.92 bits per heavy atom. The molecule has 0 saturated heterocycles. The first-order valence-corrected chi connectivity index (χ1v) is 10.1. The van der Waals surface area contributed by atoms with Crippen LogP contribution >= 0.6 is 0 Å². The first kappa shape index (κ1) is 18.1. The number of allylic oxidation sites excluding steroid dienone is 1. The fraction of sp³-hybridized carbons (Fsp3) is 0.773. The zero-order valence-corrected chi connectivity index (χ0v) is 16.3. The van der Waals surface area contributed by atoms with Crippen molar-refractivity contribution in [1.29, 1.82) is 0 Å². The summed E-state index contributed by atoms with van der Waals surface area (Å²) < 4.78 is 0. The minimum Gasteiger partial charge on any atom is -0.381 e. The molecule has 4 heteroatoms. The lowest BCUT2D eigenvalue weighted by Gasteiger charge is -2.59. The highest BCUT2D eigenvalue weighted by Crippen LogP contribution is 2.67. The lowest BCUT2D eigenvalue weighted by Crippen LogP contribution is -2.61. The number of aliphatic hydroxyl groups is 1.